The fourth-order valence-corrected chi connectivity index (χ4v) is 3.52. The van der Waals surface area contributed by atoms with Gasteiger partial charge in [0.25, 0.3) is 0 Å². The second-order valence-corrected chi connectivity index (χ2v) is 6.26. The first-order chi connectivity index (χ1) is 9.54. The van der Waals surface area contributed by atoms with Gasteiger partial charge in [-0.15, -0.1) is 0 Å². The Morgan fingerprint density at radius 1 is 1.50 bits per heavy atom. The Hall–Kier alpha value is -0.580. The van der Waals surface area contributed by atoms with E-state index in [1.807, 2.05) is 11.6 Å². The van der Waals surface area contributed by atoms with Gasteiger partial charge in [0, 0.05) is 13.2 Å². The topological polar surface area (TPSA) is 53.1 Å². The molecular weight excluding hydrogens is 274 g/mol. The third-order valence-electron chi connectivity index (χ3n) is 4.55. The zero-order chi connectivity index (χ0) is 14.8. The molecule has 20 heavy (non-hydrogen) atoms. The van der Waals surface area contributed by atoms with Crippen molar-refractivity contribution in [3.05, 3.63) is 16.9 Å². The monoisotopic (exact) mass is 299 g/mol. The van der Waals surface area contributed by atoms with Gasteiger partial charge in [-0.05, 0) is 45.4 Å². The maximum atomic E-state index is 6.59. The van der Waals surface area contributed by atoms with Crippen LogP contribution < -0.4 is 5.73 Å². The van der Waals surface area contributed by atoms with Crippen LogP contribution in [-0.4, -0.2) is 22.0 Å². The van der Waals surface area contributed by atoms with Gasteiger partial charge < -0.3 is 10.5 Å². The zero-order valence-electron chi connectivity index (χ0n) is 12.7. The van der Waals surface area contributed by atoms with Crippen molar-refractivity contribution < 1.29 is 4.74 Å². The molecule has 1 fully saturated rings. The molecule has 2 N–H and O–H groups in total. The van der Waals surface area contributed by atoms with Gasteiger partial charge in [0.05, 0.1) is 28.6 Å². The Morgan fingerprint density at radius 3 is 2.70 bits per heavy atom. The van der Waals surface area contributed by atoms with Crippen LogP contribution >= 0.6 is 11.6 Å². The number of aryl methyl sites for hydroxylation is 1. The number of nitrogens with zero attached hydrogens (tertiary/aromatic N) is 2. The molecule has 1 unspecified atom stereocenters. The summed E-state index contributed by atoms with van der Waals surface area (Å²) in [7, 11) is 0. The van der Waals surface area contributed by atoms with Gasteiger partial charge in [0.1, 0.15) is 0 Å². The number of hydrogen-bond acceptors (Lipinski definition) is 3. The van der Waals surface area contributed by atoms with Gasteiger partial charge in [-0.2, -0.15) is 5.10 Å². The van der Waals surface area contributed by atoms with Crippen LogP contribution in [0.4, 0.5) is 0 Å². The Bertz CT molecular complexity index is 438. The highest BCUT2D eigenvalue weighted by atomic mass is 35.5. The van der Waals surface area contributed by atoms with Crippen LogP contribution in [0.25, 0.3) is 0 Å². The van der Waals surface area contributed by atoms with Crippen LogP contribution in [0.1, 0.15) is 58.2 Å². The molecule has 1 heterocycles. The standard InChI is InChI=1S/C15H26ClN3O/c1-4-19-13(12(16)10-18-19)14(17)15(20-5-2)8-6-11(3)7-9-15/h10-11,14H,4-9,17H2,1-3H3. The second-order valence-electron chi connectivity index (χ2n) is 5.85. The van der Waals surface area contributed by atoms with E-state index in [0.717, 1.165) is 43.8 Å². The molecular formula is C15H26ClN3O. The summed E-state index contributed by atoms with van der Waals surface area (Å²) < 4.78 is 8.03. The number of aromatic nitrogens is 2. The molecule has 1 saturated carbocycles. The lowest BCUT2D eigenvalue weighted by atomic mass is 9.74. The molecule has 0 spiro atoms. The van der Waals surface area contributed by atoms with E-state index < -0.39 is 0 Å². The van der Waals surface area contributed by atoms with Gasteiger partial charge in [-0.3, -0.25) is 4.68 Å². The molecule has 2 rings (SSSR count). The van der Waals surface area contributed by atoms with Gasteiger partial charge in [0.2, 0.25) is 0 Å². The first kappa shape index (κ1) is 15.8. The van der Waals surface area contributed by atoms with E-state index in [0.29, 0.717) is 11.6 Å². The number of nitrogens with two attached hydrogens (primary N) is 1. The Morgan fingerprint density at radius 2 is 2.15 bits per heavy atom. The lowest BCUT2D eigenvalue weighted by Crippen LogP contribution is -2.47. The van der Waals surface area contributed by atoms with Crippen molar-refractivity contribution in [2.45, 2.75) is 64.6 Å². The van der Waals surface area contributed by atoms with Crippen LogP contribution in [0.3, 0.4) is 0 Å². The minimum atomic E-state index is -0.294. The van der Waals surface area contributed by atoms with E-state index in [1.165, 1.54) is 0 Å². The zero-order valence-corrected chi connectivity index (χ0v) is 13.5. The van der Waals surface area contributed by atoms with Crippen molar-refractivity contribution in [1.82, 2.24) is 9.78 Å². The van der Waals surface area contributed by atoms with E-state index in [2.05, 4.69) is 18.9 Å². The third-order valence-corrected chi connectivity index (χ3v) is 4.84. The fraction of sp³-hybridized carbons (Fsp3) is 0.800. The van der Waals surface area contributed by atoms with Crippen molar-refractivity contribution in [1.29, 1.82) is 0 Å². The summed E-state index contributed by atoms with van der Waals surface area (Å²) >= 11 is 6.31. The van der Waals surface area contributed by atoms with Crippen molar-refractivity contribution in [3.8, 4) is 0 Å². The maximum absolute atomic E-state index is 6.59. The van der Waals surface area contributed by atoms with Crippen LogP contribution in [0.2, 0.25) is 5.02 Å². The number of hydrogen-bond donors (Lipinski definition) is 1. The van der Waals surface area contributed by atoms with Crippen LogP contribution in [0, 0.1) is 5.92 Å². The van der Waals surface area contributed by atoms with E-state index in [-0.39, 0.29) is 11.6 Å². The lowest BCUT2D eigenvalue weighted by Gasteiger charge is -2.43. The predicted octanol–water partition coefficient (Wildman–Crippen LogP) is 3.54. The van der Waals surface area contributed by atoms with Gasteiger partial charge in [0.15, 0.2) is 0 Å². The smallest absolute Gasteiger partial charge is 0.0890 e. The van der Waals surface area contributed by atoms with Crippen molar-refractivity contribution in [2.24, 2.45) is 11.7 Å². The minimum Gasteiger partial charge on any atom is -0.373 e. The summed E-state index contributed by atoms with van der Waals surface area (Å²) in [6, 6.07) is -0.218. The van der Waals surface area contributed by atoms with E-state index in [4.69, 9.17) is 22.1 Å². The Labute approximate surface area is 126 Å². The molecule has 0 radical (unpaired) electrons. The largest absolute Gasteiger partial charge is 0.373 e. The third kappa shape index (κ3) is 2.87. The average Bonchev–Trinajstić information content (AvgIpc) is 2.82. The molecule has 0 saturated heterocycles. The fourth-order valence-electron chi connectivity index (χ4n) is 3.27. The van der Waals surface area contributed by atoms with Gasteiger partial charge >= 0.3 is 0 Å². The first-order valence-electron chi connectivity index (χ1n) is 7.64. The van der Waals surface area contributed by atoms with Gasteiger partial charge in [-0.25, -0.2) is 0 Å². The highest BCUT2D eigenvalue weighted by Crippen LogP contribution is 2.43. The molecule has 1 atom stereocenters. The van der Waals surface area contributed by atoms with Gasteiger partial charge in [-0.1, -0.05) is 18.5 Å². The highest BCUT2D eigenvalue weighted by Gasteiger charge is 2.43. The molecule has 1 aliphatic carbocycles. The summed E-state index contributed by atoms with van der Waals surface area (Å²) in [5.74, 6) is 0.752. The summed E-state index contributed by atoms with van der Waals surface area (Å²) in [6.07, 6.45) is 5.99. The molecule has 0 amide bonds. The first-order valence-corrected chi connectivity index (χ1v) is 8.02. The van der Waals surface area contributed by atoms with E-state index >= 15 is 0 Å². The molecule has 1 aliphatic rings. The normalized spacial score (nSPS) is 28.6. The Kier molecular flexibility index (Phi) is 5.10. The molecule has 114 valence electrons. The summed E-state index contributed by atoms with van der Waals surface area (Å²) in [5, 5.41) is 4.96. The Balaban J connectivity index is 2.31. The summed E-state index contributed by atoms with van der Waals surface area (Å²) in [4.78, 5) is 0. The predicted molar refractivity (Wildman–Crippen MR) is 81.8 cm³/mol. The lowest BCUT2D eigenvalue weighted by molar-refractivity contribution is -0.0911. The van der Waals surface area contributed by atoms with Crippen molar-refractivity contribution in [3.63, 3.8) is 0 Å². The molecule has 1 aromatic rings. The molecule has 0 bridgehead atoms. The maximum Gasteiger partial charge on any atom is 0.0890 e. The molecule has 0 aliphatic heterocycles. The van der Waals surface area contributed by atoms with Crippen LogP contribution in [-0.2, 0) is 11.3 Å². The SMILES string of the molecule is CCOC1(C(N)c2c(Cl)cnn2CC)CCC(C)CC1. The summed E-state index contributed by atoms with van der Waals surface area (Å²) in [5.41, 5.74) is 7.21. The van der Waals surface area contributed by atoms with Crippen molar-refractivity contribution >= 4 is 11.6 Å². The molecule has 0 aromatic carbocycles. The summed E-state index contributed by atoms with van der Waals surface area (Å²) in [6.45, 7) is 7.83. The second kappa shape index (κ2) is 6.46. The minimum absolute atomic E-state index is 0.218. The average molecular weight is 300 g/mol. The molecule has 5 heteroatoms. The molecule has 4 nitrogen and oxygen atoms in total. The van der Waals surface area contributed by atoms with E-state index in [1.54, 1.807) is 6.20 Å². The van der Waals surface area contributed by atoms with Crippen LogP contribution in [0.15, 0.2) is 6.20 Å². The highest BCUT2D eigenvalue weighted by molar-refractivity contribution is 6.31. The van der Waals surface area contributed by atoms with Crippen LogP contribution in [0.5, 0.6) is 0 Å². The molecule has 1 aromatic heterocycles. The quantitative estimate of drug-likeness (QED) is 0.904. The van der Waals surface area contributed by atoms with Crippen molar-refractivity contribution in [2.75, 3.05) is 6.61 Å². The number of ether oxygens (including phenoxy) is 1. The number of halogens is 1. The number of rotatable bonds is 5. The van der Waals surface area contributed by atoms with E-state index in [9.17, 15) is 0 Å².